The van der Waals surface area contributed by atoms with Crippen molar-refractivity contribution in [2.24, 2.45) is 5.92 Å². The van der Waals surface area contributed by atoms with Crippen LogP contribution >= 0.6 is 0 Å². The van der Waals surface area contributed by atoms with E-state index in [0.717, 1.165) is 44.6 Å². The molecule has 1 aliphatic rings. The van der Waals surface area contributed by atoms with Gasteiger partial charge in [-0.2, -0.15) is 0 Å². The number of ketones is 1. The number of piperidine rings is 1. The minimum atomic E-state index is -0.323. The molecule has 0 spiro atoms. The maximum atomic E-state index is 13.3. The Morgan fingerprint density at radius 3 is 2.22 bits per heavy atom. The van der Waals surface area contributed by atoms with Gasteiger partial charge in [-0.15, -0.1) is 0 Å². The second-order valence-corrected chi connectivity index (χ2v) is 9.60. The van der Waals surface area contributed by atoms with Crippen LogP contribution in [0.4, 0.5) is 10.1 Å². The fourth-order valence-corrected chi connectivity index (χ4v) is 4.76. The van der Waals surface area contributed by atoms with E-state index in [4.69, 9.17) is 4.74 Å². The van der Waals surface area contributed by atoms with Crippen LogP contribution in [0.5, 0.6) is 5.75 Å². The van der Waals surface area contributed by atoms with Gasteiger partial charge in [0.2, 0.25) is 0 Å². The zero-order valence-corrected chi connectivity index (χ0v) is 21.7. The van der Waals surface area contributed by atoms with Gasteiger partial charge in [0.05, 0.1) is 12.8 Å². The van der Waals surface area contributed by atoms with Crippen molar-refractivity contribution in [3.63, 3.8) is 0 Å². The van der Waals surface area contributed by atoms with E-state index in [1.54, 1.807) is 29.3 Å². The number of carbonyl (C=O) groups is 2. The number of amides is 1. The Bertz CT molecular complexity index is 1200. The molecule has 0 saturated carbocycles. The predicted molar refractivity (Wildman–Crippen MR) is 144 cm³/mol. The van der Waals surface area contributed by atoms with Gasteiger partial charge in [-0.3, -0.25) is 9.59 Å². The van der Waals surface area contributed by atoms with Crippen molar-refractivity contribution >= 4 is 17.4 Å². The fraction of sp³-hybridized carbons (Fsp3) is 0.333. The van der Waals surface area contributed by atoms with E-state index < -0.39 is 0 Å². The van der Waals surface area contributed by atoms with Gasteiger partial charge in [0, 0.05) is 43.8 Å². The van der Waals surface area contributed by atoms with Crippen LogP contribution in [0.15, 0.2) is 72.8 Å². The number of anilines is 1. The van der Waals surface area contributed by atoms with Gasteiger partial charge in [-0.25, -0.2) is 14.4 Å². The summed E-state index contributed by atoms with van der Waals surface area (Å²) < 4.78 is 18.5. The molecule has 1 fully saturated rings. The number of ether oxygens (including phenoxy) is 1. The van der Waals surface area contributed by atoms with E-state index in [2.05, 4.69) is 4.90 Å². The summed E-state index contributed by atoms with van der Waals surface area (Å²) in [5, 5.41) is 3.38. The molecule has 37 heavy (non-hydrogen) atoms. The third-order valence-electron chi connectivity index (χ3n) is 6.89. The van der Waals surface area contributed by atoms with Crippen LogP contribution in [-0.2, 0) is 6.42 Å². The highest BCUT2D eigenvalue weighted by Gasteiger charge is 2.26. The van der Waals surface area contributed by atoms with Crippen molar-refractivity contribution in [2.45, 2.75) is 19.3 Å². The molecule has 7 heteroatoms. The molecule has 1 heterocycles. The van der Waals surface area contributed by atoms with E-state index >= 15 is 0 Å². The number of rotatable bonds is 9. The molecule has 1 aliphatic heterocycles. The van der Waals surface area contributed by atoms with Gasteiger partial charge in [-0.1, -0.05) is 18.2 Å². The van der Waals surface area contributed by atoms with Crippen LogP contribution in [0, 0.1) is 11.7 Å². The zero-order valence-electron chi connectivity index (χ0n) is 21.7. The molecule has 3 aromatic rings. The average Bonchev–Trinajstić information content (AvgIpc) is 2.92. The van der Waals surface area contributed by atoms with E-state index in [0.29, 0.717) is 16.9 Å². The van der Waals surface area contributed by atoms with Crippen molar-refractivity contribution in [1.82, 2.24) is 9.91 Å². The van der Waals surface area contributed by atoms with Crippen molar-refractivity contribution in [1.29, 1.82) is 0 Å². The first kappa shape index (κ1) is 26.5. The number of carbonyl (C=O) groups excluding carboxylic acids is 2. The molecular formula is C30H34FN3O3. The predicted octanol–water partition coefficient (Wildman–Crippen LogP) is 5.10. The first-order chi connectivity index (χ1) is 17.9. The van der Waals surface area contributed by atoms with Crippen LogP contribution < -0.4 is 9.75 Å². The summed E-state index contributed by atoms with van der Waals surface area (Å²) in [6, 6.07) is 21.0. The number of Topliss-reactive ketones (excluding diaryl/α,β-unsaturated/α-hetero) is 1. The summed E-state index contributed by atoms with van der Waals surface area (Å²) in [6.45, 7) is 2.64. The lowest BCUT2D eigenvalue weighted by Gasteiger charge is -2.31. The number of hydrogen-bond acceptors (Lipinski definition) is 5. The summed E-state index contributed by atoms with van der Waals surface area (Å²) in [5.41, 5.74) is 3.10. The molecule has 1 saturated heterocycles. The van der Waals surface area contributed by atoms with Crippen LogP contribution in [-0.4, -0.2) is 62.4 Å². The minimum Gasteiger partial charge on any atom is -0.497 e. The number of nitrogens with zero attached hydrogens (tertiary/aromatic N) is 3. The second kappa shape index (κ2) is 12.1. The zero-order chi connectivity index (χ0) is 26.4. The number of hydrogen-bond donors (Lipinski definition) is 0. The maximum Gasteiger partial charge on any atom is 0.272 e. The van der Waals surface area contributed by atoms with Gasteiger partial charge in [-0.05, 0) is 86.4 Å². The summed E-state index contributed by atoms with van der Waals surface area (Å²) >= 11 is 0. The lowest BCUT2D eigenvalue weighted by Crippen LogP contribution is -2.42. The number of likely N-dealkylation sites (tertiary alicyclic amines) is 1. The molecule has 6 nitrogen and oxygen atoms in total. The van der Waals surface area contributed by atoms with Gasteiger partial charge in [0.1, 0.15) is 11.6 Å². The number of methoxy groups -OCH3 is 1. The van der Waals surface area contributed by atoms with Crippen LogP contribution in [0.2, 0.25) is 0 Å². The van der Waals surface area contributed by atoms with Crippen molar-refractivity contribution in [3.05, 3.63) is 95.3 Å². The van der Waals surface area contributed by atoms with Gasteiger partial charge in [0.15, 0.2) is 5.78 Å². The Morgan fingerprint density at radius 1 is 0.946 bits per heavy atom. The highest BCUT2D eigenvalue weighted by Crippen LogP contribution is 2.25. The molecule has 194 valence electrons. The molecular weight excluding hydrogens is 469 g/mol. The SMILES string of the molecule is COc1cccc(N(C(=O)c2ccc(CCN3CCC(C(=O)c4ccc(F)cc4)CC3)cc2)N(C)C)c1. The summed E-state index contributed by atoms with van der Waals surface area (Å²) in [4.78, 5) is 28.4. The molecule has 3 aromatic carbocycles. The first-order valence-electron chi connectivity index (χ1n) is 12.6. The largest absolute Gasteiger partial charge is 0.497 e. The lowest BCUT2D eigenvalue weighted by molar-refractivity contribution is 0.0840. The highest BCUT2D eigenvalue weighted by atomic mass is 19.1. The average molecular weight is 504 g/mol. The third kappa shape index (κ3) is 6.61. The number of benzene rings is 3. The normalized spacial score (nSPS) is 14.5. The van der Waals surface area contributed by atoms with Crippen LogP contribution in [0.25, 0.3) is 0 Å². The summed E-state index contributed by atoms with van der Waals surface area (Å²) in [6.07, 6.45) is 2.50. The van der Waals surface area contributed by atoms with E-state index in [9.17, 15) is 14.0 Å². The molecule has 0 aromatic heterocycles. The molecule has 4 rings (SSSR count). The Hall–Kier alpha value is -3.55. The number of hydrazine groups is 1. The molecule has 0 aliphatic carbocycles. The van der Waals surface area contributed by atoms with E-state index in [-0.39, 0.29) is 23.4 Å². The highest BCUT2D eigenvalue weighted by molar-refractivity contribution is 6.05. The molecule has 0 radical (unpaired) electrons. The monoisotopic (exact) mass is 503 g/mol. The fourth-order valence-electron chi connectivity index (χ4n) is 4.76. The van der Waals surface area contributed by atoms with Gasteiger partial charge < -0.3 is 9.64 Å². The Balaban J connectivity index is 1.30. The van der Waals surface area contributed by atoms with Crippen LogP contribution in [0.3, 0.4) is 0 Å². The Kier molecular flexibility index (Phi) is 8.69. The van der Waals surface area contributed by atoms with Crippen molar-refractivity contribution in [2.75, 3.05) is 45.8 Å². The van der Waals surface area contributed by atoms with Crippen molar-refractivity contribution < 1.29 is 18.7 Å². The topological polar surface area (TPSA) is 53.1 Å². The Labute approximate surface area is 218 Å². The minimum absolute atomic E-state index is 0.00349. The van der Waals surface area contributed by atoms with E-state index in [1.165, 1.54) is 17.7 Å². The summed E-state index contributed by atoms with van der Waals surface area (Å²) in [5.74, 6) is 0.363. The van der Waals surface area contributed by atoms with Gasteiger partial charge in [0.25, 0.3) is 5.91 Å². The molecule has 0 bridgehead atoms. The third-order valence-corrected chi connectivity index (χ3v) is 6.89. The quantitative estimate of drug-likeness (QED) is 0.301. The Morgan fingerprint density at radius 2 is 1.59 bits per heavy atom. The molecule has 0 atom stereocenters. The smallest absolute Gasteiger partial charge is 0.272 e. The standard InChI is InChI=1S/C30H34FN3O3/c1-32(2)34(27-5-4-6-28(21-27)37-3)30(36)25-9-7-22(8-10-25)15-18-33-19-16-24(17-20-33)29(35)23-11-13-26(31)14-12-23/h4-14,21,24H,15-20H2,1-3H3. The number of halogens is 1. The maximum absolute atomic E-state index is 13.3. The van der Waals surface area contributed by atoms with E-state index in [1.807, 2.05) is 62.6 Å². The lowest BCUT2D eigenvalue weighted by atomic mass is 9.89. The van der Waals surface area contributed by atoms with Crippen LogP contribution in [0.1, 0.15) is 39.1 Å². The molecule has 0 N–H and O–H groups in total. The molecule has 1 amide bonds. The van der Waals surface area contributed by atoms with Crippen molar-refractivity contribution in [3.8, 4) is 5.75 Å². The summed E-state index contributed by atoms with van der Waals surface area (Å²) in [7, 11) is 5.28. The van der Waals surface area contributed by atoms with Gasteiger partial charge >= 0.3 is 0 Å². The molecule has 0 unspecified atom stereocenters. The second-order valence-electron chi connectivity index (χ2n) is 9.60. The first-order valence-corrected chi connectivity index (χ1v) is 12.6.